The van der Waals surface area contributed by atoms with E-state index in [1.54, 1.807) is 6.07 Å². The van der Waals surface area contributed by atoms with E-state index in [2.05, 4.69) is 10.3 Å². The quantitative estimate of drug-likeness (QED) is 0.429. The van der Waals surface area contributed by atoms with E-state index in [1.807, 2.05) is 4.72 Å². The summed E-state index contributed by atoms with van der Waals surface area (Å²) < 4.78 is 56.0. The SMILES string of the molecule is CS(=O)(=O)Nc1nc(C(=O)NC(Cc2cc(F)cc(F)c2)C(O)C(O)CC#N)co1. The van der Waals surface area contributed by atoms with Crippen molar-refractivity contribution in [3.8, 4) is 6.07 Å². The number of halogens is 2. The molecule has 0 saturated heterocycles. The fraction of sp³-hybridized carbons (Fsp3) is 0.353. The van der Waals surface area contributed by atoms with E-state index >= 15 is 0 Å². The fourth-order valence-electron chi connectivity index (χ4n) is 2.55. The number of nitrogens with zero attached hydrogens (tertiary/aromatic N) is 2. The monoisotopic (exact) mass is 444 g/mol. The molecule has 0 aliphatic heterocycles. The van der Waals surface area contributed by atoms with Crippen LogP contribution in [-0.4, -0.2) is 54.0 Å². The highest BCUT2D eigenvalue weighted by Gasteiger charge is 2.29. The van der Waals surface area contributed by atoms with Gasteiger partial charge >= 0.3 is 6.01 Å². The number of aliphatic hydroxyl groups excluding tert-OH is 2. The number of rotatable bonds is 9. The number of nitrogens with one attached hydrogen (secondary N) is 2. The summed E-state index contributed by atoms with van der Waals surface area (Å²) >= 11 is 0. The third-order valence-corrected chi connectivity index (χ3v) is 4.36. The van der Waals surface area contributed by atoms with Gasteiger partial charge in [0.25, 0.3) is 5.91 Å². The molecule has 1 aromatic heterocycles. The molecule has 0 bridgehead atoms. The van der Waals surface area contributed by atoms with E-state index in [4.69, 9.17) is 9.68 Å². The summed E-state index contributed by atoms with van der Waals surface area (Å²) in [6.07, 6.45) is -2.29. The molecule has 162 valence electrons. The topological polar surface area (TPSA) is 166 Å². The number of carbonyl (C=O) groups is 1. The van der Waals surface area contributed by atoms with Crippen molar-refractivity contribution in [3.63, 3.8) is 0 Å². The third-order valence-electron chi connectivity index (χ3n) is 3.81. The van der Waals surface area contributed by atoms with Gasteiger partial charge in [0.1, 0.15) is 24.0 Å². The highest BCUT2D eigenvalue weighted by Crippen LogP contribution is 2.15. The predicted molar refractivity (Wildman–Crippen MR) is 98.5 cm³/mol. The number of amides is 1. The van der Waals surface area contributed by atoms with Crippen LogP contribution in [0, 0.1) is 23.0 Å². The maximum atomic E-state index is 13.5. The van der Waals surface area contributed by atoms with Gasteiger partial charge in [-0.05, 0) is 24.1 Å². The van der Waals surface area contributed by atoms with Crippen molar-refractivity contribution < 1.29 is 36.6 Å². The van der Waals surface area contributed by atoms with Crippen LogP contribution in [0.5, 0.6) is 0 Å². The van der Waals surface area contributed by atoms with Crippen molar-refractivity contribution >= 4 is 21.9 Å². The first-order valence-electron chi connectivity index (χ1n) is 8.40. The molecule has 0 aliphatic rings. The normalized spacial score (nSPS) is 14.4. The van der Waals surface area contributed by atoms with Gasteiger partial charge in [0.2, 0.25) is 10.0 Å². The Morgan fingerprint density at radius 1 is 1.30 bits per heavy atom. The van der Waals surface area contributed by atoms with Crippen molar-refractivity contribution in [1.82, 2.24) is 10.3 Å². The lowest BCUT2D eigenvalue weighted by Crippen LogP contribution is -2.49. The molecule has 4 N–H and O–H groups in total. The number of hydrogen-bond donors (Lipinski definition) is 4. The van der Waals surface area contributed by atoms with E-state index in [0.717, 1.165) is 24.7 Å². The van der Waals surface area contributed by atoms with Gasteiger partial charge in [-0.15, -0.1) is 0 Å². The Morgan fingerprint density at radius 2 is 1.93 bits per heavy atom. The molecule has 0 radical (unpaired) electrons. The maximum absolute atomic E-state index is 13.5. The highest BCUT2D eigenvalue weighted by atomic mass is 32.2. The molecule has 0 spiro atoms. The molecule has 2 aromatic rings. The molecule has 30 heavy (non-hydrogen) atoms. The van der Waals surface area contributed by atoms with E-state index in [1.165, 1.54) is 0 Å². The largest absolute Gasteiger partial charge is 0.431 e. The van der Waals surface area contributed by atoms with Crippen LogP contribution in [0.25, 0.3) is 0 Å². The number of hydrogen-bond acceptors (Lipinski definition) is 8. The van der Waals surface area contributed by atoms with Crippen molar-refractivity contribution in [2.24, 2.45) is 0 Å². The fourth-order valence-corrected chi connectivity index (χ4v) is 2.96. The second-order valence-electron chi connectivity index (χ2n) is 6.39. The smallest absolute Gasteiger partial charge is 0.309 e. The van der Waals surface area contributed by atoms with Crippen LogP contribution in [0.15, 0.2) is 28.9 Å². The summed E-state index contributed by atoms with van der Waals surface area (Å²) in [7, 11) is -3.71. The predicted octanol–water partition coefficient (Wildman–Crippen LogP) is 0.301. The van der Waals surface area contributed by atoms with Crippen molar-refractivity contribution in [3.05, 3.63) is 47.4 Å². The molecular weight excluding hydrogens is 426 g/mol. The molecule has 10 nitrogen and oxygen atoms in total. The number of anilines is 1. The minimum atomic E-state index is -3.71. The summed E-state index contributed by atoms with van der Waals surface area (Å²) in [5.74, 6) is -2.68. The van der Waals surface area contributed by atoms with Gasteiger partial charge in [0.15, 0.2) is 5.69 Å². The average Bonchev–Trinajstić information content (AvgIpc) is 3.06. The van der Waals surface area contributed by atoms with Crippen LogP contribution in [0.3, 0.4) is 0 Å². The second-order valence-corrected chi connectivity index (χ2v) is 8.14. The van der Waals surface area contributed by atoms with Gasteiger partial charge in [-0.25, -0.2) is 21.9 Å². The first kappa shape index (κ1) is 23.2. The third kappa shape index (κ3) is 6.76. The summed E-state index contributed by atoms with van der Waals surface area (Å²) in [5, 5.41) is 31.3. The van der Waals surface area contributed by atoms with Gasteiger partial charge in [0.05, 0.1) is 30.9 Å². The van der Waals surface area contributed by atoms with Gasteiger partial charge in [-0.2, -0.15) is 10.2 Å². The van der Waals surface area contributed by atoms with Crippen LogP contribution in [0.1, 0.15) is 22.5 Å². The van der Waals surface area contributed by atoms with Crippen molar-refractivity contribution in [2.45, 2.75) is 31.1 Å². The first-order chi connectivity index (χ1) is 14.0. The number of nitriles is 1. The molecule has 13 heteroatoms. The highest BCUT2D eigenvalue weighted by molar-refractivity contribution is 7.91. The van der Waals surface area contributed by atoms with Crippen LogP contribution in [-0.2, 0) is 16.4 Å². The number of aromatic nitrogens is 1. The Labute approximate surface area is 170 Å². The van der Waals surface area contributed by atoms with Gasteiger partial charge in [-0.3, -0.25) is 4.79 Å². The van der Waals surface area contributed by atoms with Crippen LogP contribution < -0.4 is 10.0 Å². The van der Waals surface area contributed by atoms with E-state index in [9.17, 15) is 32.2 Å². The molecule has 1 amide bonds. The average molecular weight is 444 g/mol. The Bertz CT molecular complexity index is 1030. The van der Waals surface area contributed by atoms with E-state index in [0.29, 0.717) is 6.07 Å². The Balaban J connectivity index is 2.23. The van der Waals surface area contributed by atoms with Gasteiger partial charge in [-0.1, -0.05) is 0 Å². The second kappa shape index (κ2) is 9.61. The summed E-state index contributed by atoms with van der Waals surface area (Å²) in [6, 6.07) is 2.52. The van der Waals surface area contributed by atoms with Crippen LogP contribution in [0.4, 0.5) is 14.8 Å². The van der Waals surface area contributed by atoms with E-state index in [-0.39, 0.29) is 17.7 Å². The number of sulfonamides is 1. The molecular formula is C17H18F2N4O6S. The van der Waals surface area contributed by atoms with Crippen molar-refractivity contribution in [1.29, 1.82) is 5.26 Å². The Morgan fingerprint density at radius 3 is 2.50 bits per heavy atom. The first-order valence-corrected chi connectivity index (χ1v) is 10.3. The zero-order valence-electron chi connectivity index (χ0n) is 15.5. The number of aliphatic hydroxyl groups is 2. The molecule has 3 unspecified atom stereocenters. The molecule has 0 fully saturated rings. The summed E-state index contributed by atoms with van der Waals surface area (Å²) in [4.78, 5) is 16.1. The molecule has 0 saturated carbocycles. The van der Waals surface area contributed by atoms with Crippen LogP contribution >= 0.6 is 0 Å². The Kier molecular flexibility index (Phi) is 7.43. The van der Waals surface area contributed by atoms with Gasteiger partial charge < -0.3 is 19.9 Å². The molecule has 1 heterocycles. The van der Waals surface area contributed by atoms with Crippen molar-refractivity contribution in [2.75, 3.05) is 11.0 Å². The van der Waals surface area contributed by atoms with Crippen LogP contribution in [0.2, 0.25) is 0 Å². The lowest BCUT2D eigenvalue weighted by atomic mass is 9.96. The minimum Gasteiger partial charge on any atom is -0.431 e. The summed E-state index contributed by atoms with van der Waals surface area (Å²) in [5.41, 5.74) is -0.292. The zero-order chi connectivity index (χ0) is 22.5. The zero-order valence-corrected chi connectivity index (χ0v) is 16.4. The van der Waals surface area contributed by atoms with Gasteiger partial charge in [0, 0.05) is 6.07 Å². The maximum Gasteiger partial charge on any atom is 0.309 e. The molecule has 0 aliphatic carbocycles. The molecule has 2 rings (SSSR count). The number of carbonyl (C=O) groups excluding carboxylic acids is 1. The lowest BCUT2D eigenvalue weighted by Gasteiger charge is -2.26. The number of benzene rings is 1. The lowest BCUT2D eigenvalue weighted by molar-refractivity contribution is -0.000403. The molecule has 1 aromatic carbocycles. The molecule has 3 atom stereocenters. The minimum absolute atomic E-state index is 0.0700. The number of oxazole rings is 1. The van der Waals surface area contributed by atoms with E-state index < -0.39 is 58.3 Å². The standard InChI is InChI=1S/C17H18F2N4O6S/c1-30(27,28)23-17-22-13(8-29-17)16(26)21-12(15(25)14(24)2-3-20)6-9-4-10(18)7-11(19)5-9/h4-5,7-8,12,14-15,24-25H,2,6H2,1H3,(H,21,26)(H,22,23). The summed E-state index contributed by atoms with van der Waals surface area (Å²) in [6.45, 7) is 0. The Hall–Kier alpha value is -3.08.